The van der Waals surface area contributed by atoms with Crippen molar-refractivity contribution in [2.75, 3.05) is 20.3 Å². The molecular formula is C19H22N4O4. The molecule has 3 aromatic heterocycles. The highest BCUT2D eigenvalue weighted by molar-refractivity contribution is 5.95. The van der Waals surface area contributed by atoms with E-state index in [0.717, 1.165) is 29.1 Å². The van der Waals surface area contributed by atoms with Crippen molar-refractivity contribution in [3.8, 4) is 11.4 Å². The van der Waals surface area contributed by atoms with Gasteiger partial charge in [-0.1, -0.05) is 0 Å². The van der Waals surface area contributed by atoms with E-state index in [1.165, 1.54) is 6.39 Å². The topological polar surface area (TPSA) is 86.5 Å². The molecular weight excluding hydrogens is 348 g/mol. The van der Waals surface area contributed by atoms with E-state index in [-0.39, 0.29) is 5.91 Å². The van der Waals surface area contributed by atoms with Gasteiger partial charge in [-0.2, -0.15) is 5.10 Å². The van der Waals surface area contributed by atoms with Gasteiger partial charge < -0.3 is 18.5 Å². The Hall–Kier alpha value is -2.87. The van der Waals surface area contributed by atoms with Crippen molar-refractivity contribution in [1.82, 2.24) is 19.7 Å². The standard InChI is InChI=1S/C19H22N4O4/c1-12-8-14(13(2)27-12)19(24)22-5-4-17-15(9-22)18(16-10-26-11-20-16)21-23(17)6-7-25-3/h8,10-11H,4-7,9H2,1-3H3. The number of carbonyl (C=O) groups excluding carboxylic acids is 1. The molecule has 1 aliphatic heterocycles. The van der Waals surface area contributed by atoms with E-state index in [0.29, 0.717) is 43.3 Å². The number of ether oxygens (including phenoxy) is 1. The van der Waals surface area contributed by atoms with Crippen LogP contribution in [0.2, 0.25) is 0 Å². The number of furan rings is 1. The zero-order valence-corrected chi connectivity index (χ0v) is 15.7. The number of hydrogen-bond donors (Lipinski definition) is 0. The highest BCUT2D eigenvalue weighted by Gasteiger charge is 2.30. The maximum Gasteiger partial charge on any atom is 0.257 e. The van der Waals surface area contributed by atoms with E-state index in [9.17, 15) is 4.79 Å². The van der Waals surface area contributed by atoms with E-state index in [1.54, 1.807) is 19.4 Å². The van der Waals surface area contributed by atoms with Crippen molar-refractivity contribution in [1.29, 1.82) is 0 Å². The second-order valence-corrected chi connectivity index (χ2v) is 6.67. The molecule has 0 aromatic carbocycles. The molecule has 1 amide bonds. The van der Waals surface area contributed by atoms with Gasteiger partial charge in [0.2, 0.25) is 0 Å². The van der Waals surface area contributed by atoms with Gasteiger partial charge >= 0.3 is 0 Å². The van der Waals surface area contributed by atoms with Crippen molar-refractivity contribution in [2.45, 2.75) is 33.4 Å². The van der Waals surface area contributed by atoms with Gasteiger partial charge in [-0.15, -0.1) is 0 Å². The number of hydrogen-bond acceptors (Lipinski definition) is 6. The Morgan fingerprint density at radius 1 is 1.37 bits per heavy atom. The molecule has 4 rings (SSSR count). The molecule has 142 valence electrons. The van der Waals surface area contributed by atoms with Crippen LogP contribution < -0.4 is 0 Å². The van der Waals surface area contributed by atoms with Crippen LogP contribution in [0.25, 0.3) is 11.4 Å². The molecule has 0 saturated carbocycles. The van der Waals surface area contributed by atoms with Crippen LogP contribution in [0.15, 0.2) is 27.6 Å². The lowest BCUT2D eigenvalue weighted by Gasteiger charge is -2.27. The number of amides is 1. The Kier molecular flexibility index (Phi) is 4.57. The first-order valence-electron chi connectivity index (χ1n) is 8.91. The Balaban J connectivity index is 1.67. The van der Waals surface area contributed by atoms with Crippen LogP contribution in [0.3, 0.4) is 0 Å². The van der Waals surface area contributed by atoms with Gasteiger partial charge in [0.05, 0.1) is 25.3 Å². The smallest absolute Gasteiger partial charge is 0.257 e. The number of aromatic nitrogens is 3. The molecule has 3 aromatic rings. The lowest BCUT2D eigenvalue weighted by atomic mass is 10.0. The second kappa shape index (κ2) is 7.03. The summed E-state index contributed by atoms with van der Waals surface area (Å²) in [4.78, 5) is 19.1. The van der Waals surface area contributed by atoms with Crippen molar-refractivity contribution in [3.05, 3.63) is 47.1 Å². The van der Waals surface area contributed by atoms with Crippen LogP contribution in [-0.4, -0.2) is 45.8 Å². The van der Waals surface area contributed by atoms with Gasteiger partial charge in [0, 0.05) is 31.3 Å². The average molecular weight is 370 g/mol. The molecule has 8 heteroatoms. The third-order valence-corrected chi connectivity index (χ3v) is 4.87. The number of oxazole rings is 1. The van der Waals surface area contributed by atoms with E-state index >= 15 is 0 Å². The zero-order chi connectivity index (χ0) is 19.0. The second-order valence-electron chi connectivity index (χ2n) is 6.67. The van der Waals surface area contributed by atoms with E-state index in [4.69, 9.17) is 18.7 Å². The van der Waals surface area contributed by atoms with Crippen molar-refractivity contribution < 1.29 is 18.4 Å². The quantitative estimate of drug-likeness (QED) is 0.686. The maximum atomic E-state index is 13.0. The van der Waals surface area contributed by atoms with E-state index in [1.807, 2.05) is 23.4 Å². The molecule has 0 spiro atoms. The minimum atomic E-state index is -0.0225. The van der Waals surface area contributed by atoms with Crippen molar-refractivity contribution in [3.63, 3.8) is 0 Å². The van der Waals surface area contributed by atoms with Crippen LogP contribution in [0.4, 0.5) is 0 Å². The fourth-order valence-electron chi connectivity index (χ4n) is 3.58. The SMILES string of the molecule is COCCn1nc(-c2cocn2)c2c1CCN(C(=O)c1cc(C)oc1C)C2. The van der Waals surface area contributed by atoms with Crippen LogP contribution in [-0.2, 0) is 24.2 Å². The first-order chi connectivity index (χ1) is 13.1. The number of carbonyl (C=O) groups is 1. The predicted molar refractivity (Wildman–Crippen MR) is 96.2 cm³/mol. The van der Waals surface area contributed by atoms with Crippen molar-refractivity contribution in [2.24, 2.45) is 0 Å². The van der Waals surface area contributed by atoms with Crippen LogP contribution in [0, 0.1) is 13.8 Å². The molecule has 27 heavy (non-hydrogen) atoms. The summed E-state index contributed by atoms with van der Waals surface area (Å²) in [5.74, 6) is 1.37. The normalized spacial score (nSPS) is 13.8. The molecule has 0 N–H and O–H groups in total. The molecule has 4 heterocycles. The number of nitrogens with zero attached hydrogens (tertiary/aromatic N) is 4. The fourth-order valence-corrected chi connectivity index (χ4v) is 3.58. The van der Waals surface area contributed by atoms with Gasteiger partial charge in [-0.3, -0.25) is 9.48 Å². The van der Waals surface area contributed by atoms with E-state index in [2.05, 4.69) is 4.98 Å². The summed E-state index contributed by atoms with van der Waals surface area (Å²) in [6, 6.07) is 1.80. The first kappa shape index (κ1) is 17.5. The molecule has 0 fully saturated rings. The molecule has 0 saturated heterocycles. The summed E-state index contributed by atoms with van der Waals surface area (Å²) >= 11 is 0. The molecule has 8 nitrogen and oxygen atoms in total. The number of aryl methyl sites for hydroxylation is 2. The minimum absolute atomic E-state index is 0.0225. The van der Waals surface area contributed by atoms with Crippen LogP contribution in [0.1, 0.15) is 33.1 Å². The molecule has 0 atom stereocenters. The monoisotopic (exact) mass is 370 g/mol. The lowest BCUT2D eigenvalue weighted by Crippen LogP contribution is -2.36. The highest BCUT2D eigenvalue weighted by Crippen LogP contribution is 2.30. The Labute approximate surface area is 156 Å². The molecule has 0 aliphatic carbocycles. The Morgan fingerprint density at radius 3 is 2.89 bits per heavy atom. The zero-order valence-electron chi connectivity index (χ0n) is 15.7. The summed E-state index contributed by atoms with van der Waals surface area (Å²) in [5.41, 5.74) is 4.18. The molecule has 0 bridgehead atoms. The molecule has 0 radical (unpaired) electrons. The summed E-state index contributed by atoms with van der Waals surface area (Å²) in [7, 11) is 1.67. The molecule has 0 unspecified atom stereocenters. The largest absolute Gasteiger partial charge is 0.466 e. The maximum absolute atomic E-state index is 13.0. The Bertz CT molecular complexity index is 955. The third kappa shape index (κ3) is 3.16. The molecule has 1 aliphatic rings. The van der Waals surface area contributed by atoms with Crippen LogP contribution >= 0.6 is 0 Å². The van der Waals surface area contributed by atoms with E-state index < -0.39 is 0 Å². The highest BCUT2D eigenvalue weighted by atomic mass is 16.5. The van der Waals surface area contributed by atoms with Gasteiger partial charge in [-0.25, -0.2) is 4.98 Å². The summed E-state index contributed by atoms with van der Waals surface area (Å²) in [6.07, 6.45) is 3.69. The lowest BCUT2D eigenvalue weighted by molar-refractivity contribution is 0.0731. The number of fused-ring (bicyclic) bond motifs is 1. The summed E-state index contributed by atoms with van der Waals surface area (Å²) in [5, 5.41) is 4.72. The number of rotatable bonds is 5. The van der Waals surface area contributed by atoms with Crippen molar-refractivity contribution >= 4 is 5.91 Å². The minimum Gasteiger partial charge on any atom is -0.466 e. The van der Waals surface area contributed by atoms with Gasteiger partial charge in [0.25, 0.3) is 5.91 Å². The van der Waals surface area contributed by atoms with Gasteiger partial charge in [0.15, 0.2) is 6.39 Å². The van der Waals surface area contributed by atoms with Gasteiger partial charge in [-0.05, 0) is 19.9 Å². The summed E-state index contributed by atoms with van der Waals surface area (Å²) in [6.45, 7) is 6.01. The third-order valence-electron chi connectivity index (χ3n) is 4.87. The first-order valence-corrected chi connectivity index (χ1v) is 8.91. The summed E-state index contributed by atoms with van der Waals surface area (Å²) < 4.78 is 17.8. The van der Waals surface area contributed by atoms with Crippen LogP contribution in [0.5, 0.6) is 0 Å². The fraction of sp³-hybridized carbons (Fsp3) is 0.421. The Morgan fingerprint density at radius 2 is 2.22 bits per heavy atom. The predicted octanol–water partition coefficient (Wildman–Crippen LogP) is 2.59. The van der Waals surface area contributed by atoms with Gasteiger partial charge in [0.1, 0.15) is 29.2 Å². The number of methoxy groups -OCH3 is 1. The average Bonchev–Trinajstić information content (AvgIpc) is 3.37.